The predicted octanol–water partition coefficient (Wildman–Crippen LogP) is 2.50. The summed E-state index contributed by atoms with van der Waals surface area (Å²) >= 11 is 0. The maximum absolute atomic E-state index is 6.04. The van der Waals surface area contributed by atoms with Gasteiger partial charge in [-0.1, -0.05) is 0 Å². The van der Waals surface area contributed by atoms with Gasteiger partial charge in [0.1, 0.15) is 0 Å². The molecule has 0 amide bonds. The van der Waals surface area contributed by atoms with Crippen molar-refractivity contribution in [1.29, 1.82) is 0 Å². The maximum atomic E-state index is 6.04. The molecule has 17 heavy (non-hydrogen) atoms. The molecule has 7 heteroatoms. The Hall–Kier alpha value is 0.491. The topological polar surface area (TPSA) is 36.9 Å². The lowest BCUT2D eigenvalue weighted by molar-refractivity contribution is 0.221. The van der Waals surface area contributed by atoms with Crippen LogP contribution >= 0.6 is 0 Å². The van der Waals surface area contributed by atoms with Crippen LogP contribution in [0.3, 0.4) is 0 Å². The molecule has 0 heterocycles. The van der Waals surface area contributed by atoms with E-state index in [9.17, 15) is 0 Å². The van der Waals surface area contributed by atoms with Gasteiger partial charge in [-0.05, 0) is 39.3 Å². The van der Waals surface area contributed by atoms with Gasteiger partial charge in [-0.2, -0.15) is 0 Å². The number of rotatable bonds is 8. The number of hydrogen-bond acceptors (Lipinski definition) is 4. The van der Waals surface area contributed by atoms with Crippen LogP contribution in [0.25, 0.3) is 0 Å². The molecule has 0 aliphatic rings. The fourth-order valence-electron chi connectivity index (χ4n) is 0.876. The fourth-order valence-corrected chi connectivity index (χ4v) is 6.93. The second kappa shape index (κ2) is 6.60. The minimum absolute atomic E-state index is 0.689. The van der Waals surface area contributed by atoms with Crippen LogP contribution < -0.4 is 0 Å². The highest BCUT2D eigenvalue weighted by molar-refractivity contribution is 6.75. The normalized spacial score (nSPS) is 14.1. The summed E-state index contributed by atoms with van der Waals surface area (Å²) in [5.74, 6) is 0. The van der Waals surface area contributed by atoms with Crippen molar-refractivity contribution in [3.05, 3.63) is 0 Å². The van der Waals surface area contributed by atoms with Crippen molar-refractivity contribution in [2.24, 2.45) is 0 Å². The van der Waals surface area contributed by atoms with Crippen LogP contribution in [0.2, 0.25) is 39.3 Å². The summed E-state index contributed by atoms with van der Waals surface area (Å²) < 4.78 is 22.8. The third-order valence-corrected chi connectivity index (χ3v) is 8.73. The van der Waals surface area contributed by atoms with Crippen LogP contribution in [-0.4, -0.2) is 51.9 Å². The molecule has 0 radical (unpaired) electrons. The van der Waals surface area contributed by atoms with Gasteiger partial charge in [0.2, 0.25) is 16.6 Å². The highest BCUT2D eigenvalue weighted by Crippen LogP contribution is 2.13. The third kappa shape index (κ3) is 8.25. The van der Waals surface area contributed by atoms with Crippen LogP contribution in [0, 0.1) is 0 Å². The SMILES string of the molecule is CO[Si](C)(C)CO[Si](C)(C)CO[Si](C)(C)OC. The molecule has 0 aromatic rings. The van der Waals surface area contributed by atoms with Crippen LogP contribution in [-0.2, 0) is 17.7 Å². The van der Waals surface area contributed by atoms with Crippen molar-refractivity contribution >= 4 is 25.2 Å². The Bertz CT molecular complexity index is 210. The van der Waals surface area contributed by atoms with Crippen LogP contribution in [0.15, 0.2) is 0 Å². The Kier molecular flexibility index (Phi) is 6.79. The molecule has 0 atom stereocenters. The Morgan fingerprint density at radius 2 is 1.12 bits per heavy atom. The van der Waals surface area contributed by atoms with Gasteiger partial charge in [0.15, 0.2) is 0 Å². The highest BCUT2D eigenvalue weighted by Gasteiger charge is 2.32. The second-order valence-electron chi connectivity index (χ2n) is 5.90. The Morgan fingerprint density at radius 3 is 1.53 bits per heavy atom. The van der Waals surface area contributed by atoms with Crippen molar-refractivity contribution in [2.45, 2.75) is 39.3 Å². The zero-order valence-electron chi connectivity index (χ0n) is 12.5. The third-order valence-electron chi connectivity index (χ3n) is 2.62. The second-order valence-corrected chi connectivity index (χ2v) is 17.7. The van der Waals surface area contributed by atoms with E-state index in [-0.39, 0.29) is 0 Å². The molecule has 4 nitrogen and oxygen atoms in total. The quantitative estimate of drug-likeness (QED) is 0.645. The van der Waals surface area contributed by atoms with Gasteiger partial charge < -0.3 is 17.7 Å². The van der Waals surface area contributed by atoms with Gasteiger partial charge in [-0.15, -0.1) is 0 Å². The molecule has 0 saturated carbocycles. The Balaban J connectivity index is 4.13. The first-order valence-corrected chi connectivity index (χ1v) is 15.0. The van der Waals surface area contributed by atoms with Gasteiger partial charge in [0, 0.05) is 14.2 Å². The average Bonchev–Trinajstić information content (AvgIpc) is 2.25. The van der Waals surface area contributed by atoms with E-state index in [0.29, 0.717) is 6.23 Å². The molecule has 0 fully saturated rings. The first-order chi connectivity index (χ1) is 7.54. The minimum atomic E-state index is -1.94. The monoisotopic (exact) mass is 296 g/mol. The van der Waals surface area contributed by atoms with E-state index >= 15 is 0 Å². The summed E-state index contributed by atoms with van der Waals surface area (Å²) in [6.07, 6.45) is 1.43. The van der Waals surface area contributed by atoms with Gasteiger partial charge in [-0.3, -0.25) is 0 Å². The average molecular weight is 297 g/mol. The van der Waals surface area contributed by atoms with E-state index in [0.717, 1.165) is 6.23 Å². The molecule has 0 rings (SSSR count). The first-order valence-electron chi connectivity index (χ1n) is 5.92. The molecule has 0 aliphatic carbocycles. The molecule has 0 aliphatic heterocycles. The zero-order valence-corrected chi connectivity index (χ0v) is 15.5. The van der Waals surface area contributed by atoms with Crippen molar-refractivity contribution in [3.63, 3.8) is 0 Å². The van der Waals surface area contributed by atoms with Crippen molar-refractivity contribution < 1.29 is 17.7 Å². The molecule has 0 aromatic carbocycles. The summed E-state index contributed by atoms with van der Waals surface area (Å²) in [7, 11) is -1.86. The van der Waals surface area contributed by atoms with Crippen molar-refractivity contribution in [3.8, 4) is 0 Å². The standard InChI is InChI=1S/C10H28O4Si3/c1-11-15(3,4)9-13-16(5,6)10-14-17(7,8)12-2/h9-10H2,1-8H3. The lowest BCUT2D eigenvalue weighted by atomic mass is 11.7. The van der Waals surface area contributed by atoms with E-state index in [1.165, 1.54) is 0 Å². The summed E-state index contributed by atoms with van der Waals surface area (Å²) in [6.45, 7) is 12.8. The Labute approximate surface area is 109 Å². The van der Waals surface area contributed by atoms with Crippen LogP contribution in [0.5, 0.6) is 0 Å². The Morgan fingerprint density at radius 1 is 0.647 bits per heavy atom. The van der Waals surface area contributed by atoms with E-state index in [1.807, 2.05) is 13.1 Å². The van der Waals surface area contributed by atoms with Crippen LogP contribution in [0.1, 0.15) is 0 Å². The summed E-state index contributed by atoms with van der Waals surface area (Å²) in [5, 5.41) is 0. The van der Waals surface area contributed by atoms with E-state index in [1.54, 1.807) is 14.2 Å². The smallest absolute Gasteiger partial charge is 0.331 e. The summed E-state index contributed by atoms with van der Waals surface area (Å²) in [4.78, 5) is 0. The molecule has 0 bridgehead atoms. The van der Waals surface area contributed by atoms with Gasteiger partial charge in [-0.25, -0.2) is 0 Å². The van der Waals surface area contributed by atoms with E-state index < -0.39 is 25.2 Å². The predicted molar refractivity (Wildman–Crippen MR) is 78.4 cm³/mol. The molecule has 0 unspecified atom stereocenters. The molecule has 0 saturated heterocycles. The first kappa shape index (κ1) is 17.5. The van der Waals surface area contributed by atoms with Gasteiger partial charge in [0.05, 0.1) is 12.5 Å². The molecule has 0 aromatic heterocycles. The van der Waals surface area contributed by atoms with Crippen LogP contribution in [0.4, 0.5) is 0 Å². The van der Waals surface area contributed by atoms with Gasteiger partial charge in [0.25, 0.3) is 0 Å². The molecular formula is C10H28O4Si3. The lowest BCUT2D eigenvalue weighted by Crippen LogP contribution is -2.48. The molecule has 0 spiro atoms. The summed E-state index contributed by atoms with van der Waals surface area (Å²) in [5.41, 5.74) is 0. The van der Waals surface area contributed by atoms with Crippen molar-refractivity contribution in [1.82, 2.24) is 0 Å². The fraction of sp³-hybridized carbons (Fsp3) is 1.00. The molecular weight excluding hydrogens is 268 g/mol. The lowest BCUT2D eigenvalue weighted by Gasteiger charge is -2.30. The van der Waals surface area contributed by atoms with E-state index in [4.69, 9.17) is 17.7 Å². The minimum Gasteiger partial charge on any atom is -0.418 e. The molecule has 104 valence electrons. The van der Waals surface area contributed by atoms with Gasteiger partial charge >= 0.3 is 8.56 Å². The highest BCUT2D eigenvalue weighted by atomic mass is 28.4. The summed E-state index contributed by atoms with van der Waals surface area (Å²) in [6, 6.07) is 0. The molecule has 0 N–H and O–H groups in total. The van der Waals surface area contributed by atoms with E-state index in [2.05, 4.69) is 26.2 Å². The zero-order chi connectivity index (χ0) is 13.7. The largest absolute Gasteiger partial charge is 0.418 e. The number of hydrogen-bond donors (Lipinski definition) is 0. The maximum Gasteiger partial charge on any atom is 0.331 e. The van der Waals surface area contributed by atoms with Crippen molar-refractivity contribution in [2.75, 3.05) is 26.7 Å².